The maximum absolute atomic E-state index is 12.6. The number of aliphatic hydroxyl groups excluding tert-OH is 2. The van der Waals surface area contributed by atoms with Crippen LogP contribution in [0.15, 0.2) is 17.1 Å². The Morgan fingerprint density at radius 1 is 1.34 bits per heavy atom. The summed E-state index contributed by atoms with van der Waals surface area (Å²) in [7, 11) is -4.37. The van der Waals surface area contributed by atoms with Gasteiger partial charge in [0, 0.05) is 12.6 Å². The molecule has 0 amide bonds. The lowest BCUT2D eigenvalue weighted by atomic mass is 10.0. The molecule has 0 spiro atoms. The second-order valence-corrected chi connectivity index (χ2v) is 10.3. The smallest absolute Gasteiger partial charge is 0.359 e. The van der Waals surface area contributed by atoms with E-state index in [9.17, 15) is 29.6 Å². The first-order valence-corrected chi connectivity index (χ1v) is 11.9. The van der Waals surface area contributed by atoms with Crippen molar-refractivity contribution >= 4 is 24.6 Å². The number of H-pyrrole nitrogens is 1. The number of hydrogen-bond donors (Lipinski definition) is 6. The fourth-order valence-corrected chi connectivity index (χ4v) is 4.43. The number of fused-ring (bicyclic) bond motifs is 1. The molecule has 2 heterocycles. The number of rotatable bonds is 12. The van der Waals surface area contributed by atoms with Crippen molar-refractivity contribution in [3.63, 3.8) is 0 Å². The number of ether oxygens (including phenoxy) is 1. The summed E-state index contributed by atoms with van der Waals surface area (Å²) >= 11 is 0. The highest BCUT2D eigenvalue weighted by Gasteiger charge is 2.46. The van der Waals surface area contributed by atoms with Crippen molar-refractivity contribution in [1.82, 2.24) is 14.5 Å². The lowest BCUT2D eigenvalue weighted by Gasteiger charge is -2.36. The van der Waals surface area contributed by atoms with E-state index >= 15 is 0 Å². The first-order chi connectivity index (χ1) is 14.8. The zero-order valence-electron chi connectivity index (χ0n) is 18.7. The van der Waals surface area contributed by atoms with Crippen LogP contribution in [0.2, 0.25) is 0 Å². The highest BCUT2D eigenvalue weighted by Crippen LogP contribution is 2.58. The SMILES string of the molecule is CCC(C)(CCO[C@H]([C@H](O)CO)n1ccc2c(=O)[nH]c(N)nc21)OP(=O)(O)[C@@](C)(O)CC. The first-order valence-electron chi connectivity index (χ1n) is 10.3. The third kappa shape index (κ3) is 5.57. The van der Waals surface area contributed by atoms with Crippen LogP contribution in [0.4, 0.5) is 5.95 Å². The van der Waals surface area contributed by atoms with Crippen molar-refractivity contribution in [3.8, 4) is 0 Å². The fourth-order valence-electron chi connectivity index (χ4n) is 3.01. The van der Waals surface area contributed by atoms with E-state index in [4.69, 9.17) is 15.0 Å². The Bertz CT molecular complexity index is 1020. The lowest BCUT2D eigenvalue weighted by molar-refractivity contribution is -0.107. The summed E-state index contributed by atoms with van der Waals surface area (Å²) < 4.78 is 25.3. The third-order valence-electron chi connectivity index (χ3n) is 5.68. The van der Waals surface area contributed by atoms with Crippen molar-refractivity contribution in [2.45, 2.75) is 70.2 Å². The van der Waals surface area contributed by atoms with Gasteiger partial charge in [0.25, 0.3) is 5.56 Å². The molecule has 0 aliphatic carbocycles. The van der Waals surface area contributed by atoms with Crippen LogP contribution in [-0.4, -0.2) is 65.0 Å². The van der Waals surface area contributed by atoms with Crippen molar-refractivity contribution in [2.24, 2.45) is 0 Å². The molecule has 2 unspecified atom stereocenters. The van der Waals surface area contributed by atoms with Gasteiger partial charge in [-0.05, 0) is 32.8 Å². The third-order valence-corrected chi connectivity index (χ3v) is 7.90. The van der Waals surface area contributed by atoms with Crippen LogP contribution in [-0.2, 0) is 13.8 Å². The van der Waals surface area contributed by atoms with Gasteiger partial charge in [0.1, 0.15) is 6.10 Å². The Morgan fingerprint density at radius 2 is 2.00 bits per heavy atom. The molecule has 0 saturated heterocycles. The van der Waals surface area contributed by atoms with E-state index in [1.54, 1.807) is 20.8 Å². The summed E-state index contributed by atoms with van der Waals surface area (Å²) in [6.07, 6.45) is -0.492. The molecule has 0 bridgehead atoms. The van der Waals surface area contributed by atoms with Gasteiger partial charge in [-0.3, -0.25) is 14.3 Å². The quantitative estimate of drug-likeness (QED) is 0.241. The Balaban J connectivity index is 2.23. The molecule has 5 atom stereocenters. The van der Waals surface area contributed by atoms with Gasteiger partial charge in [0.15, 0.2) is 17.2 Å². The van der Waals surface area contributed by atoms with E-state index in [2.05, 4.69) is 9.97 Å². The van der Waals surface area contributed by atoms with Crippen LogP contribution in [0.25, 0.3) is 11.0 Å². The van der Waals surface area contributed by atoms with E-state index < -0.39 is 43.0 Å². The summed E-state index contributed by atoms with van der Waals surface area (Å²) in [5, 5.41) is 28.3. The monoisotopic (exact) mass is 476 g/mol. The van der Waals surface area contributed by atoms with Crippen LogP contribution in [0.5, 0.6) is 0 Å². The summed E-state index contributed by atoms with van der Waals surface area (Å²) in [4.78, 5) is 28.8. The van der Waals surface area contributed by atoms with E-state index in [1.165, 1.54) is 23.8 Å². The van der Waals surface area contributed by atoms with Crippen molar-refractivity contribution in [1.29, 1.82) is 0 Å². The van der Waals surface area contributed by atoms with Crippen molar-refractivity contribution < 1.29 is 34.0 Å². The summed E-state index contributed by atoms with van der Waals surface area (Å²) in [5.41, 5.74) is 4.21. The Hall–Kier alpha value is -1.79. The maximum atomic E-state index is 12.6. The molecule has 0 fully saturated rings. The molecule has 32 heavy (non-hydrogen) atoms. The topological polar surface area (TPSA) is 193 Å². The second-order valence-electron chi connectivity index (χ2n) is 8.16. The normalized spacial score (nSPS) is 19.8. The number of nitrogens with two attached hydrogens (primary N) is 1. The van der Waals surface area contributed by atoms with E-state index in [1.807, 2.05) is 0 Å². The van der Waals surface area contributed by atoms with Gasteiger partial charge >= 0.3 is 7.60 Å². The van der Waals surface area contributed by atoms with Crippen LogP contribution in [0, 0.1) is 0 Å². The van der Waals surface area contributed by atoms with E-state index in [-0.39, 0.29) is 36.4 Å². The molecule has 13 heteroatoms. The molecule has 2 aromatic heterocycles. The Labute approximate surface area is 185 Å². The van der Waals surface area contributed by atoms with Crippen LogP contribution >= 0.6 is 7.60 Å². The average Bonchev–Trinajstić information content (AvgIpc) is 3.14. The van der Waals surface area contributed by atoms with Crippen LogP contribution in [0.1, 0.15) is 53.2 Å². The molecule has 0 aliphatic rings. The zero-order chi connectivity index (χ0) is 24.3. The predicted molar refractivity (Wildman–Crippen MR) is 118 cm³/mol. The summed E-state index contributed by atoms with van der Waals surface area (Å²) in [6.45, 7) is 5.53. The van der Waals surface area contributed by atoms with Gasteiger partial charge in [-0.25, -0.2) is 0 Å². The molecule has 2 rings (SSSR count). The van der Waals surface area contributed by atoms with E-state index in [0.29, 0.717) is 6.42 Å². The molecule has 12 nitrogen and oxygen atoms in total. The van der Waals surface area contributed by atoms with Gasteiger partial charge in [0.05, 0.1) is 24.2 Å². The lowest BCUT2D eigenvalue weighted by Crippen LogP contribution is -2.35. The summed E-state index contributed by atoms with van der Waals surface area (Å²) in [6, 6.07) is 1.48. The van der Waals surface area contributed by atoms with Crippen LogP contribution in [0.3, 0.4) is 0 Å². The fraction of sp³-hybridized carbons (Fsp3) is 0.684. The van der Waals surface area contributed by atoms with E-state index in [0.717, 1.165) is 0 Å². The minimum Gasteiger partial charge on any atom is -0.394 e. The average molecular weight is 476 g/mol. The molecule has 0 aromatic carbocycles. The molecule has 7 N–H and O–H groups in total. The number of hydrogen-bond acceptors (Lipinski definition) is 9. The van der Waals surface area contributed by atoms with Gasteiger partial charge < -0.3 is 39.8 Å². The zero-order valence-corrected chi connectivity index (χ0v) is 19.6. The first kappa shape index (κ1) is 26.5. The van der Waals surface area contributed by atoms with Crippen molar-refractivity contribution in [2.75, 3.05) is 18.9 Å². The number of aromatic nitrogens is 3. The van der Waals surface area contributed by atoms with Gasteiger partial charge in [-0.2, -0.15) is 4.98 Å². The van der Waals surface area contributed by atoms with Gasteiger partial charge in [-0.15, -0.1) is 0 Å². The predicted octanol–water partition coefficient (Wildman–Crippen LogP) is 1.05. The number of aliphatic hydroxyl groups is 3. The number of nitrogens with one attached hydrogen (secondary N) is 1. The summed E-state index contributed by atoms with van der Waals surface area (Å²) in [5.74, 6) is -0.117. The number of anilines is 1. The number of nitrogens with zero attached hydrogens (tertiary/aromatic N) is 2. The molecular weight excluding hydrogens is 443 g/mol. The standard InChI is InChI=1S/C19H33N4O8P/c1-5-18(3,31-32(28,29)19(4,27)6-2)8-10-30-16(13(25)11-24)23-9-7-12-14(23)21-17(20)22-15(12)26/h7,9,13,16,24-25,27H,5-6,8,10-11H2,1-4H3,(H,28,29)(H3,20,21,22,26)/t13-,16-,18?,19-/m1/s1. The van der Waals surface area contributed by atoms with Crippen LogP contribution < -0.4 is 11.3 Å². The maximum Gasteiger partial charge on any atom is 0.359 e. The number of aromatic amines is 1. The highest BCUT2D eigenvalue weighted by molar-refractivity contribution is 7.54. The number of nitrogen functional groups attached to an aromatic ring is 1. The molecule has 2 aromatic rings. The van der Waals surface area contributed by atoms with Gasteiger partial charge in [-0.1, -0.05) is 13.8 Å². The molecule has 182 valence electrons. The molecule has 0 saturated carbocycles. The molecular formula is C19H33N4O8P. The largest absolute Gasteiger partial charge is 0.394 e. The minimum absolute atomic E-state index is 0.0256. The Kier molecular flexibility index (Phi) is 8.27. The molecule has 0 radical (unpaired) electrons. The van der Waals surface area contributed by atoms with Gasteiger partial charge in [0.2, 0.25) is 5.95 Å². The molecule has 0 aliphatic heterocycles. The minimum atomic E-state index is -4.37. The van der Waals surface area contributed by atoms with Crippen molar-refractivity contribution in [3.05, 3.63) is 22.6 Å². The second kappa shape index (κ2) is 10.0. The Morgan fingerprint density at radius 3 is 2.56 bits per heavy atom. The highest BCUT2D eigenvalue weighted by atomic mass is 31.2.